The molecule has 0 aliphatic carbocycles. The highest BCUT2D eigenvalue weighted by Crippen LogP contribution is 2.32. The zero-order chi connectivity index (χ0) is 13.2. The first-order chi connectivity index (χ1) is 9.25. The molecule has 3 unspecified atom stereocenters. The van der Waals surface area contributed by atoms with E-state index in [2.05, 4.69) is 17.1 Å². The van der Waals surface area contributed by atoms with Gasteiger partial charge in [0.15, 0.2) is 0 Å². The van der Waals surface area contributed by atoms with Crippen LogP contribution in [0.3, 0.4) is 0 Å². The maximum absolute atomic E-state index is 13.0. The number of hydrogen-bond acceptors (Lipinski definition) is 2. The van der Waals surface area contributed by atoms with E-state index in [1.54, 1.807) is 12.1 Å². The molecule has 1 N–H and O–H groups in total. The Kier molecular flexibility index (Phi) is 3.85. The minimum absolute atomic E-state index is 0.147. The molecule has 0 amide bonds. The lowest BCUT2D eigenvalue weighted by atomic mass is 10.0. The second-order valence-corrected chi connectivity index (χ2v) is 5.88. The van der Waals surface area contributed by atoms with Gasteiger partial charge in [-0.2, -0.15) is 0 Å². The Labute approximate surface area is 115 Å². The fourth-order valence-electron chi connectivity index (χ4n) is 3.70. The van der Waals surface area contributed by atoms with Gasteiger partial charge < -0.3 is 5.32 Å². The van der Waals surface area contributed by atoms with Crippen LogP contribution in [-0.2, 0) is 0 Å². The molecule has 0 spiro atoms. The van der Waals surface area contributed by atoms with Gasteiger partial charge in [-0.15, -0.1) is 0 Å². The van der Waals surface area contributed by atoms with Gasteiger partial charge >= 0.3 is 0 Å². The minimum atomic E-state index is -0.147. The first kappa shape index (κ1) is 13.1. The van der Waals surface area contributed by atoms with Crippen LogP contribution in [-0.4, -0.2) is 30.1 Å². The molecular formula is C16H23FN2. The van der Waals surface area contributed by atoms with Crippen LogP contribution in [0.25, 0.3) is 0 Å². The molecule has 2 aliphatic rings. The van der Waals surface area contributed by atoms with Crippen molar-refractivity contribution in [2.75, 3.05) is 13.1 Å². The van der Waals surface area contributed by atoms with E-state index in [9.17, 15) is 4.39 Å². The van der Waals surface area contributed by atoms with Crippen molar-refractivity contribution in [3.8, 4) is 0 Å². The number of likely N-dealkylation sites (tertiary alicyclic amines) is 1. The highest BCUT2D eigenvalue weighted by atomic mass is 19.1. The van der Waals surface area contributed by atoms with E-state index >= 15 is 0 Å². The predicted molar refractivity (Wildman–Crippen MR) is 75.6 cm³/mol. The Morgan fingerprint density at radius 2 is 2.00 bits per heavy atom. The average molecular weight is 262 g/mol. The van der Waals surface area contributed by atoms with Crippen LogP contribution < -0.4 is 5.32 Å². The number of rotatable bonds is 3. The van der Waals surface area contributed by atoms with Gasteiger partial charge in [-0.1, -0.05) is 12.1 Å². The van der Waals surface area contributed by atoms with Crippen LogP contribution in [0.2, 0.25) is 0 Å². The molecule has 2 saturated heterocycles. The van der Waals surface area contributed by atoms with Gasteiger partial charge in [0.2, 0.25) is 0 Å². The number of halogens is 1. The molecule has 2 heterocycles. The Balaban J connectivity index is 1.74. The summed E-state index contributed by atoms with van der Waals surface area (Å²) in [5, 5.41) is 3.64. The van der Waals surface area contributed by atoms with Crippen molar-refractivity contribution in [1.82, 2.24) is 10.2 Å². The van der Waals surface area contributed by atoms with Gasteiger partial charge in [0.05, 0.1) is 0 Å². The van der Waals surface area contributed by atoms with Gasteiger partial charge in [-0.3, -0.25) is 4.90 Å². The van der Waals surface area contributed by atoms with Gasteiger partial charge in [0.1, 0.15) is 5.82 Å². The number of nitrogens with zero attached hydrogens (tertiary/aromatic N) is 1. The highest BCUT2D eigenvalue weighted by Gasteiger charge is 2.35. The SMILES string of the molecule is CC(c1ccc(F)cc1)N1CCCC1C1CCCN1. The third-order valence-electron chi connectivity index (χ3n) is 4.75. The molecular weight excluding hydrogens is 239 g/mol. The van der Waals surface area contributed by atoms with E-state index in [0.29, 0.717) is 18.1 Å². The fourth-order valence-corrected chi connectivity index (χ4v) is 3.70. The molecule has 0 saturated carbocycles. The smallest absolute Gasteiger partial charge is 0.123 e. The summed E-state index contributed by atoms with van der Waals surface area (Å²) in [7, 11) is 0. The number of nitrogens with one attached hydrogen (secondary N) is 1. The van der Waals surface area contributed by atoms with Crippen molar-refractivity contribution in [1.29, 1.82) is 0 Å². The molecule has 1 aromatic carbocycles. The monoisotopic (exact) mass is 262 g/mol. The lowest BCUT2D eigenvalue weighted by Crippen LogP contribution is -2.44. The molecule has 0 aromatic heterocycles. The number of benzene rings is 1. The third kappa shape index (κ3) is 2.67. The lowest BCUT2D eigenvalue weighted by Gasteiger charge is -2.34. The van der Waals surface area contributed by atoms with Gasteiger partial charge in [0.25, 0.3) is 0 Å². The summed E-state index contributed by atoms with van der Waals surface area (Å²) in [6.07, 6.45) is 5.19. The summed E-state index contributed by atoms with van der Waals surface area (Å²) in [6, 6.07) is 8.70. The van der Waals surface area contributed by atoms with E-state index in [1.165, 1.54) is 44.3 Å². The Bertz CT molecular complexity index is 411. The Hall–Kier alpha value is -0.930. The van der Waals surface area contributed by atoms with Crippen LogP contribution in [0.5, 0.6) is 0 Å². The van der Waals surface area contributed by atoms with Crippen molar-refractivity contribution < 1.29 is 4.39 Å². The van der Waals surface area contributed by atoms with Crippen LogP contribution >= 0.6 is 0 Å². The predicted octanol–water partition coefficient (Wildman–Crippen LogP) is 3.10. The van der Waals surface area contributed by atoms with Crippen molar-refractivity contribution in [3.05, 3.63) is 35.6 Å². The molecule has 3 rings (SSSR count). The van der Waals surface area contributed by atoms with E-state index in [4.69, 9.17) is 0 Å². The maximum Gasteiger partial charge on any atom is 0.123 e. The van der Waals surface area contributed by atoms with Crippen molar-refractivity contribution >= 4 is 0 Å². The first-order valence-electron chi connectivity index (χ1n) is 7.50. The molecule has 2 nitrogen and oxygen atoms in total. The summed E-state index contributed by atoms with van der Waals surface area (Å²) in [6.45, 7) is 4.59. The van der Waals surface area contributed by atoms with Gasteiger partial charge in [-0.05, 0) is 63.4 Å². The minimum Gasteiger partial charge on any atom is -0.312 e. The second kappa shape index (κ2) is 5.59. The summed E-state index contributed by atoms with van der Waals surface area (Å²) < 4.78 is 13.0. The van der Waals surface area contributed by atoms with Crippen LogP contribution in [0.1, 0.15) is 44.2 Å². The summed E-state index contributed by atoms with van der Waals surface area (Å²) in [5.41, 5.74) is 1.23. The van der Waals surface area contributed by atoms with Crippen LogP contribution in [0.15, 0.2) is 24.3 Å². The zero-order valence-corrected chi connectivity index (χ0v) is 11.6. The van der Waals surface area contributed by atoms with Crippen molar-refractivity contribution in [2.45, 2.75) is 50.7 Å². The zero-order valence-electron chi connectivity index (χ0n) is 11.6. The molecule has 2 aliphatic heterocycles. The molecule has 0 radical (unpaired) electrons. The summed E-state index contributed by atoms with van der Waals surface area (Å²) >= 11 is 0. The fraction of sp³-hybridized carbons (Fsp3) is 0.625. The lowest BCUT2D eigenvalue weighted by molar-refractivity contribution is 0.163. The second-order valence-electron chi connectivity index (χ2n) is 5.88. The van der Waals surface area contributed by atoms with Crippen molar-refractivity contribution in [2.24, 2.45) is 0 Å². The topological polar surface area (TPSA) is 15.3 Å². The summed E-state index contributed by atoms with van der Waals surface area (Å²) in [4.78, 5) is 2.61. The Morgan fingerprint density at radius 3 is 2.68 bits per heavy atom. The van der Waals surface area contributed by atoms with E-state index in [0.717, 1.165) is 0 Å². The molecule has 1 aromatic rings. The van der Waals surface area contributed by atoms with E-state index in [-0.39, 0.29) is 5.82 Å². The highest BCUT2D eigenvalue weighted by molar-refractivity contribution is 5.20. The Morgan fingerprint density at radius 1 is 1.21 bits per heavy atom. The molecule has 2 fully saturated rings. The molecule has 19 heavy (non-hydrogen) atoms. The van der Waals surface area contributed by atoms with Gasteiger partial charge in [0, 0.05) is 18.1 Å². The molecule has 104 valence electrons. The maximum atomic E-state index is 13.0. The molecule has 3 atom stereocenters. The van der Waals surface area contributed by atoms with Crippen LogP contribution in [0.4, 0.5) is 4.39 Å². The van der Waals surface area contributed by atoms with Crippen LogP contribution in [0, 0.1) is 5.82 Å². The van der Waals surface area contributed by atoms with Gasteiger partial charge in [-0.25, -0.2) is 4.39 Å². The third-order valence-corrected chi connectivity index (χ3v) is 4.75. The number of hydrogen-bond donors (Lipinski definition) is 1. The summed E-state index contributed by atoms with van der Waals surface area (Å²) in [5.74, 6) is -0.147. The molecule has 0 bridgehead atoms. The molecule has 3 heteroatoms. The average Bonchev–Trinajstić information content (AvgIpc) is 3.09. The van der Waals surface area contributed by atoms with E-state index in [1.807, 2.05) is 12.1 Å². The normalized spacial score (nSPS) is 29.8. The standard InChI is InChI=1S/C16H23FN2/c1-12(13-6-8-14(17)9-7-13)19-11-3-5-16(19)15-4-2-10-18-15/h6-9,12,15-16,18H,2-5,10-11H2,1H3. The first-order valence-corrected chi connectivity index (χ1v) is 7.50. The quantitative estimate of drug-likeness (QED) is 0.900. The van der Waals surface area contributed by atoms with Crippen molar-refractivity contribution in [3.63, 3.8) is 0 Å². The van der Waals surface area contributed by atoms with E-state index < -0.39 is 0 Å². The largest absolute Gasteiger partial charge is 0.312 e.